The molecule has 9 atom stereocenters. The topological polar surface area (TPSA) is 268 Å². The molecule has 6 bridgehead atoms. The third-order valence-electron chi connectivity index (χ3n) is 12.0. The molecule has 0 spiro atoms. The van der Waals surface area contributed by atoms with Gasteiger partial charge in [-0.1, -0.05) is 36.5 Å². The second-order valence-corrected chi connectivity index (χ2v) is 16.9. The summed E-state index contributed by atoms with van der Waals surface area (Å²) >= 11 is 0. The lowest BCUT2D eigenvalue weighted by molar-refractivity contribution is -0.158. The average Bonchev–Trinajstić information content (AvgIpc) is 4.20. The second-order valence-electron chi connectivity index (χ2n) is 16.9. The maximum Gasteiger partial charge on any atom is 0.309 e. The normalized spacial score (nSPS) is 25.1. The number of fused-ring (bicyclic) bond motifs is 6. The van der Waals surface area contributed by atoms with Gasteiger partial charge in [0.1, 0.15) is 58.6 Å². The number of allylic oxidation sites excluding steroid dienone is 6. The van der Waals surface area contributed by atoms with Crippen molar-refractivity contribution in [1.29, 1.82) is 0 Å². The Bertz CT molecular complexity index is 1680. The molecule has 9 unspecified atom stereocenters. The molecule has 0 amide bonds. The van der Waals surface area contributed by atoms with Gasteiger partial charge >= 0.3 is 47.8 Å². The van der Waals surface area contributed by atoms with E-state index in [2.05, 4.69) is 36.5 Å². The van der Waals surface area contributed by atoms with Crippen molar-refractivity contribution in [1.82, 2.24) is 0 Å². The van der Waals surface area contributed by atoms with Gasteiger partial charge in [0.15, 0.2) is 0 Å². The summed E-state index contributed by atoms with van der Waals surface area (Å²) in [5.74, 6) is -1.81. The summed E-state index contributed by atoms with van der Waals surface area (Å²) in [5, 5.41) is 15.2. The Kier molecular flexibility index (Phi) is 23.0. The lowest BCUT2D eigenvalue weighted by Crippen LogP contribution is -2.23. The first kappa shape index (κ1) is 53.2. The number of rotatable bonds is 25. The van der Waals surface area contributed by atoms with Crippen LogP contribution in [0.4, 0.5) is 0 Å². The molecule has 19 heteroatoms. The number of carbonyl (C=O) groups excluding carboxylic acids is 9. The molecule has 0 heterocycles. The number of aliphatic hydroxyl groups is 2. The van der Waals surface area contributed by atoms with Crippen molar-refractivity contribution in [3.63, 3.8) is 0 Å². The minimum absolute atomic E-state index is 0.0292. The molecule has 0 saturated heterocycles. The van der Waals surface area contributed by atoms with Gasteiger partial charge < -0.3 is 52.9 Å². The van der Waals surface area contributed by atoms with E-state index in [0.717, 1.165) is 38.5 Å². The summed E-state index contributed by atoms with van der Waals surface area (Å²) in [7, 11) is 0. The standard InChI is InChI=1S/C30H38O12.C15H20O5.C2H6O2/c31-25(5-7-27(33)39-11-13-41-29(35)23-17-19-1-3-21(23)15-19)37-9-10-38-26(32)6-8-28(34)40-12-14-42-30(36)24-18-20-2-4-22(24)16-20;1-10(16)2-5-14(17)19-6-7-20-15(18)13-9-11-3-4-12(13)8-11;3-1-2-4/h1-4,19-24H,5-18H2;3-4,11-13H,2,5-9H2,1H3;3-4H,1-2H2. The number of ether oxygens (including phenoxy) is 8. The van der Waals surface area contributed by atoms with Crippen molar-refractivity contribution in [2.75, 3.05) is 66.1 Å². The van der Waals surface area contributed by atoms with E-state index >= 15 is 0 Å². The number of aliphatic hydroxyl groups excluding tert-OH is 2. The van der Waals surface area contributed by atoms with Crippen molar-refractivity contribution < 1.29 is 91.3 Å². The monoisotopic (exact) mass is 932 g/mol. The number of hydrogen-bond acceptors (Lipinski definition) is 19. The van der Waals surface area contributed by atoms with E-state index in [-0.39, 0.29) is 158 Å². The van der Waals surface area contributed by atoms with Crippen LogP contribution >= 0.6 is 0 Å². The highest BCUT2D eigenvalue weighted by atomic mass is 16.6. The predicted molar refractivity (Wildman–Crippen MR) is 227 cm³/mol. The van der Waals surface area contributed by atoms with Gasteiger partial charge in [-0.05, 0) is 81.0 Å². The van der Waals surface area contributed by atoms with E-state index in [1.54, 1.807) is 0 Å². The van der Waals surface area contributed by atoms with Gasteiger partial charge in [0.25, 0.3) is 0 Å². The van der Waals surface area contributed by atoms with Crippen LogP contribution in [0.15, 0.2) is 36.5 Å². The van der Waals surface area contributed by atoms with Gasteiger partial charge in [0.2, 0.25) is 0 Å². The molecule has 6 aliphatic carbocycles. The maximum atomic E-state index is 12.1. The van der Waals surface area contributed by atoms with Crippen molar-refractivity contribution in [2.24, 2.45) is 53.3 Å². The molecule has 66 heavy (non-hydrogen) atoms. The number of hydrogen-bond donors (Lipinski definition) is 2. The van der Waals surface area contributed by atoms with Gasteiger partial charge in [-0.25, -0.2) is 0 Å². The van der Waals surface area contributed by atoms with Crippen LogP contribution in [0.25, 0.3) is 0 Å². The van der Waals surface area contributed by atoms with E-state index in [4.69, 9.17) is 48.1 Å². The fourth-order valence-corrected chi connectivity index (χ4v) is 8.73. The summed E-state index contributed by atoms with van der Waals surface area (Å²) in [6, 6.07) is 0. The Morgan fingerprint density at radius 2 is 0.606 bits per heavy atom. The molecule has 0 aromatic rings. The Balaban J connectivity index is 0.000000328. The fraction of sp³-hybridized carbons (Fsp3) is 0.681. The molecule has 19 nitrogen and oxygen atoms in total. The zero-order valence-corrected chi connectivity index (χ0v) is 37.6. The van der Waals surface area contributed by atoms with Gasteiger partial charge in [-0.2, -0.15) is 0 Å². The molecular formula is C47H64O19. The second kappa shape index (κ2) is 28.6. The minimum Gasteiger partial charge on any atom is -0.462 e. The number of Topliss-reactive ketones (excluding diaryl/α,β-unsaturated/α-hetero) is 1. The Labute approximate surface area is 383 Å². The first-order valence-corrected chi connectivity index (χ1v) is 22.8. The van der Waals surface area contributed by atoms with Crippen LogP contribution in [0.3, 0.4) is 0 Å². The molecule has 3 fully saturated rings. The van der Waals surface area contributed by atoms with E-state index in [0.29, 0.717) is 23.7 Å². The fourth-order valence-electron chi connectivity index (χ4n) is 8.73. The van der Waals surface area contributed by atoms with Crippen molar-refractivity contribution >= 4 is 53.5 Å². The largest absolute Gasteiger partial charge is 0.462 e. The lowest BCUT2D eigenvalue weighted by Gasteiger charge is -2.16. The third-order valence-corrected chi connectivity index (χ3v) is 12.0. The van der Waals surface area contributed by atoms with Gasteiger partial charge in [-0.3, -0.25) is 38.4 Å². The van der Waals surface area contributed by atoms with Gasteiger partial charge in [0, 0.05) is 6.42 Å². The highest BCUT2D eigenvalue weighted by Crippen LogP contribution is 2.45. The van der Waals surface area contributed by atoms with E-state index < -0.39 is 29.8 Å². The molecular weight excluding hydrogens is 868 g/mol. The van der Waals surface area contributed by atoms with Crippen molar-refractivity contribution in [3.05, 3.63) is 36.5 Å². The summed E-state index contributed by atoms with van der Waals surface area (Å²) in [6.07, 6.45) is 17.6. The molecule has 2 N–H and O–H groups in total. The van der Waals surface area contributed by atoms with Crippen LogP contribution in [0, 0.1) is 53.3 Å². The predicted octanol–water partition coefficient (Wildman–Crippen LogP) is 2.86. The third kappa shape index (κ3) is 18.8. The first-order valence-electron chi connectivity index (χ1n) is 22.8. The quantitative estimate of drug-likeness (QED) is 0.0577. The highest BCUT2D eigenvalue weighted by Gasteiger charge is 2.42. The summed E-state index contributed by atoms with van der Waals surface area (Å²) in [4.78, 5) is 105. The SMILES string of the molecule is CC(=O)CCC(=O)OCCOC(=O)C1CC2C=CC1C2.O=C(CCC(=O)OCCOC(=O)C1CC2C=CC1C2)OCCOC(=O)CCC(=O)OCCOC(=O)C1CC2C=CC1C2.OCCO. The highest BCUT2D eigenvalue weighted by molar-refractivity contribution is 5.81. The Hall–Kier alpha value is -5.43. The minimum atomic E-state index is -0.667. The summed E-state index contributed by atoms with van der Waals surface area (Å²) in [5.41, 5.74) is 0. The molecule has 0 radical (unpaired) electrons. The maximum absolute atomic E-state index is 12.1. The summed E-state index contributed by atoms with van der Waals surface area (Å²) < 4.78 is 40.2. The van der Waals surface area contributed by atoms with Crippen LogP contribution in [0.1, 0.15) is 84.0 Å². The van der Waals surface area contributed by atoms with E-state index in [9.17, 15) is 43.2 Å². The van der Waals surface area contributed by atoms with Gasteiger partial charge in [0.05, 0.1) is 63.1 Å². The summed E-state index contributed by atoms with van der Waals surface area (Å²) in [6.45, 7) is 0.650. The van der Waals surface area contributed by atoms with E-state index in [1.165, 1.54) is 6.92 Å². The smallest absolute Gasteiger partial charge is 0.309 e. The van der Waals surface area contributed by atoms with Crippen molar-refractivity contribution in [3.8, 4) is 0 Å². The molecule has 6 aliphatic rings. The average molecular weight is 933 g/mol. The zero-order valence-electron chi connectivity index (χ0n) is 37.6. The van der Waals surface area contributed by atoms with E-state index in [1.807, 2.05) is 0 Å². The molecule has 3 saturated carbocycles. The molecule has 0 aromatic carbocycles. The Morgan fingerprint density at radius 3 is 0.803 bits per heavy atom. The van der Waals surface area contributed by atoms with Crippen LogP contribution in [0.5, 0.6) is 0 Å². The first-order chi connectivity index (χ1) is 31.8. The molecule has 0 aliphatic heterocycles. The Morgan fingerprint density at radius 1 is 0.364 bits per heavy atom. The zero-order chi connectivity index (χ0) is 47.8. The van der Waals surface area contributed by atoms with Crippen LogP contribution in [-0.4, -0.2) is 130 Å². The van der Waals surface area contributed by atoms with Crippen molar-refractivity contribution in [2.45, 2.75) is 84.0 Å². The number of carbonyl (C=O) groups is 9. The number of esters is 8. The molecule has 366 valence electrons. The van der Waals surface area contributed by atoms with Crippen LogP contribution in [-0.2, 0) is 81.0 Å². The number of ketones is 1. The van der Waals surface area contributed by atoms with Gasteiger partial charge in [-0.15, -0.1) is 0 Å². The lowest BCUT2D eigenvalue weighted by atomic mass is 9.94. The van der Waals surface area contributed by atoms with Crippen LogP contribution < -0.4 is 0 Å². The molecule has 0 aromatic heterocycles. The molecule has 6 rings (SSSR count). The van der Waals surface area contributed by atoms with Crippen LogP contribution in [0.2, 0.25) is 0 Å².